The fourth-order valence-corrected chi connectivity index (χ4v) is 3.72. The minimum atomic E-state index is -0.473. The monoisotopic (exact) mass is 417 g/mol. The van der Waals surface area contributed by atoms with E-state index in [2.05, 4.69) is 0 Å². The number of anilines is 1. The van der Waals surface area contributed by atoms with Crippen LogP contribution in [0, 0.1) is 0 Å². The number of amides is 2. The molecule has 122 valence electrons. The molecule has 3 nitrogen and oxygen atoms in total. The smallest absolute Gasteiger partial charge is 0.268 e. The van der Waals surface area contributed by atoms with E-state index in [-0.39, 0.29) is 9.93 Å². The van der Waals surface area contributed by atoms with Crippen LogP contribution in [0.15, 0.2) is 41.3 Å². The zero-order valence-electron chi connectivity index (χ0n) is 11.7. The van der Waals surface area contributed by atoms with Crippen LogP contribution in [0.2, 0.25) is 20.1 Å². The van der Waals surface area contributed by atoms with Gasteiger partial charge in [0.05, 0.1) is 20.6 Å². The van der Waals surface area contributed by atoms with Crippen molar-refractivity contribution in [2.45, 2.75) is 0 Å². The van der Waals surface area contributed by atoms with E-state index in [0.29, 0.717) is 26.3 Å². The molecule has 0 atom stereocenters. The van der Waals surface area contributed by atoms with E-state index in [4.69, 9.17) is 46.4 Å². The minimum absolute atomic E-state index is 0.223. The Kier molecular flexibility index (Phi) is 5.13. The second kappa shape index (κ2) is 6.98. The van der Waals surface area contributed by atoms with Crippen molar-refractivity contribution in [3.63, 3.8) is 0 Å². The first-order valence-corrected chi connectivity index (χ1v) is 8.88. The largest absolute Gasteiger partial charge is 0.298 e. The van der Waals surface area contributed by atoms with Gasteiger partial charge in [0.1, 0.15) is 0 Å². The molecule has 1 fully saturated rings. The zero-order valence-corrected chi connectivity index (χ0v) is 15.6. The quantitative estimate of drug-likeness (QED) is 0.519. The second-order valence-electron chi connectivity index (χ2n) is 4.75. The van der Waals surface area contributed by atoms with Crippen LogP contribution in [-0.2, 0) is 4.79 Å². The lowest BCUT2D eigenvalue weighted by atomic mass is 10.2. The van der Waals surface area contributed by atoms with Gasteiger partial charge in [-0.1, -0.05) is 52.5 Å². The van der Waals surface area contributed by atoms with E-state index in [1.165, 1.54) is 18.2 Å². The van der Waals surface area contributed by atoms with Crippen molar-refractivity contribution in [3.05, 3.63) is 67.0 Å². The molecular weight excluding hydrogens is 412 g/mol. The second-order valence-corrected chi connectivity index (χ2v) is 7.37. The number of hydrogen-bond donors (Lipinski definition) is 0. The Morgan fingerprint density at radius 2 is 1.54 bits per heavy atom. The Balaban J connectivity index is 2.00. The standard InChI is InChI=1S/C16H7Cl4NO2S/c17-10-2-1-3-11(18)9(10)7-14-15(22)21(16(23)24-14)8-4-5-12(19)13(20)6-8/h1-7H/b14-7-. The van der Waals surface area contributed by atoms with E-state index >= 15 is 0 Å². The van der Waals surface area contributed by atoms with Crippen LogP contribution in [0.3, 0.4) is 0 Å². The Morgan fingerprint density at radius 1 is 0.875 bits per heavy atom. The molecule has 0 saturated carbocycles. The number of benzene rings is 2. The van der Waals surface area contributed by atoms with Crippen LogP contribution < -0.4 is 4.90 Å². The van der Waals surface area contributed by atoms with Crippen LogP contribution in [0.1, 0.15) is 5.56 Å². The molecule has 0 N–H and O–H groups in total. The number of rotatable bonds is 2. The molecule has 1 heterocycles. The summed E-state index contributed by atoms with van der Waals surface area (Å²) in [6, 6.07) is 9.55. The zero-order chi connectivity index (χ0) is 17.4. The van der Waals surface area contributed by atoms with E-state index in [1.807, 2.05) is 0 Å². The average Bonchev–Trinajstić information content (AvgIpc) is 2.80. The first kappa shape index (κ1) is 17.6. The third kappa shape index (κ3) is 3.30. The minimum Gasteiger partial charge on any atom is -0.268 e. The molecule has 0 spiro atoms. The molecule has 1 aliphatic rings. The van der Waals surface area contributed by atoms with Crippen molar-refractivity contribution in [3.8, 4) is 0 Å². The van der Waals surface area contributed by atoms with E-state index in [0.717, 1.165) is 16.7 Å². The Morgan fingerprint density at radius 3 is 2.17 bits per heavy atom. The first-order chi connectivity index (χ1) is 11.4. The molecule has 1 aliphatic heterocycles. The van der Waals surface area contributed by atoms with Gasteiger partial charge in [-0.3, -0.25) is 9.59 Å². The lowest BCUT2D eigenvalue weighted by Crippen LogP contribution is -2.27. The van der Waals surface area contributed by atoms with Gasteiger partial charge < -0.3 is 0 Å². The molecule has 24 heavy (non-hydrogen) atoms. The van der Waals surface area contributed by atoms with E-state index < -0.39 is 11.1 Å². The molecule has 2 aromatic rings. The van der Waals surface area contributed by atoms with Gasteiger partial charge in [-0.05, 0) is 48.2 Å². The van der Waals surface area contributed by atoms with Gasteiger partial charge in [0.2, 0.25) is 0 Å². The summed E-state index contributed by atoms with van der Waals surface area (Å²) in [6.07, 6.45) is 1.51. The lowest BCUT2D eigenvalue weighted by Gasteiger charge is -2.13. The lowest BCUT2D eigenvalue weighted by molar-refractivity contribution is -0.113. The van der Waals surface area contributed by atoms with Crippen LogP contribution >= 0.6 is 58.2 Å². The Hall–Kier alpha value is -1.17. The Labute approximate surface area is 162 Å². The average molecular weight is 419 g/mol. The normalized spacial score (nSPS) is 16.3. The maximum Gasteiger partial charge on any atom is 0.298 e. The highest BCUT2D eigenvalue weighted by molar-refractivity contribution is 8.19. The molecule has 1 saturated heterocycles. The number of halogens is 4. The van der Waals surface area contributed by atoms with Crippen molar-refractivity contribution >= 4 is 81.1 Å². The summed E-state index contributed by atoms with van der Waals surface area (Å²) in [5.41, 5.74) is 0.834. The van der Waals surface area contributed by atoms with Gasteiger partial charge in [-0.25, -0.2) is 4.90 Å². The summed E-state index contributed by atoms with van der Waals surface area (Å²) >= 11 is 24.8. The van der Waals surface area contributed by atoms with E-state index in [9.17, 15) is 9.59 Å². The van der Waals surface area contributed by atoms with Gasteiger partial charge in [0, 0.05) is 15.6 Å². The van der Waals surface area contributed by atoms with Gasteiger partial charge in [0.25, 0.3) is 11.1 Å². The predicted molar refractivity (Wildman–Crippen MR) is 101 cm³/mol. The molecule has 0 unspecified atom stereocenters. The SMILES string of the molecule is O=C1S/C(=C\c2c(Cl)cccc2Cl)C(=O)N1c1ccc(Cl)c(Cl)c1. The number of thioether (sulfide) groups is 1. The number of nitrogens with zero attached hydrogens (tertiary/aromatic N) is 1. The highest BCUT2D eigenvalue weighted by Crippen LogP contribution is 2.39. The van der Waals surface area contributed by atoms with Crippen molar-refractivity contribution in [2.75, 3.05) is 4.90 Å². The van der Waals surface area contributed by atoms with Crippen molar-refractivity contribution in [1.29, 1.82) is 0 Å². The number of carbonyl (C=O) groups is 2. The third-order valence-corrected chi connectivity index (χ3v) is 5.50. The van der Waals surface area contributed by atoms with Crippen molar-refractivity contribution in [1.82, 2.24) is 0 Å². The fraction of sp³-hybridized carbons (Fsp3) is 0. The first-order valence-electron chi connectivity index (χ1n) is 6.55. The van der Waals surface area contributed by atoms with Crippen molar-refractivity contribution < 1.29 is 9.59 Å². The number of carbonyl (C=O) groups excluding carboxylic acids is 2. The molecule has 0 aliphatic carbocycles. The number of imide groups is 1. The van der Waals surface area contributed by atoms with Crippen LogP contribution in [-0.4, -0.2) is 11.1 Å². The maximum absolute atomic E-state index is 12.6. The molecule has 2 aromatic carbocycles. The third-order valence-electron chi connectivity index (χ3n) is 3.23. The molecule has 0 bridgehead atoms. The summed E-state index contributed by atoms with van der Waals surface area (Å²) in [7, 11) is 0. The molecule has 8 heteroatoms. The fourth-order valence-electron chi connectivity index (χ4n) is 2.09. The molecule has 0 aromatic heterocycles. The summed E-state index contributed by atoms with van der Waals surface area (Å²) in [6.45, 7) is 0. The topological polar surface area (TPSA) is 37.4 Å². The molecule has 2 amide bonds. The van der Waals surface area contributed by atoms with Gasteiger partial charge >= 0.3 is 0 Å². The van der Waals surface area contributed by atoms with E-state index in [1.54, 1.807) is 24.3 Å². The molecular formula is C16H7Cl4NO2S. The summed E-state index contributed by atoms with van der Waals surface area (Å²) in [5, 5.41) is 0.942. The number of hydrogen-bond acceptors (Lipinski definition) is 3. The van der Waals surface area contributed by atoms with Crippen LogP contribution in [0.5, 0.6) is 0 Å². The van der Waals surface area contributed by atoms with Crippen LogP contribution in [0.4, 0.5) is 10.5 Å². The van der Waals surface area contributed by atoms with Crippen molar-refractivity contribution in [2.24, 2.45) is 0 Å². The summed E-state index contributed by atoms with van der Waals surface area (Å²) < 4.78 is 0. The van der Waals surface area contributed by atoms with Gasteiger partial charge in [0.15, 0.2) is 0 Å². The van der Waals surface area contributed by atoms with Gasteiger partial charge in [-0.15, -0.1) is 0 Å². The summed E-state index contributed by atoms with van der Waals surface area (Å²) in [5.74, 6) is -0.473. The molecule has 0 radical (unpaired) electrons. The highest BCUT2D eigenvalue weighted by atomic mass is 35.5. The maximum atomic E-state index is 12.6. The highest BCUT2D eigenvalue weighted by Gasteiger charge is 2.36. The van der Waals surface area contributed by atoms with Gasteiger partial charge in [-0.2, -0.15) is 0 Å². The predicted octanol–water partition coefficient (Wildman–Crippen LogP) is 6.54. The molecule has 3 rings (SSSR count). The summed E-state index contributed by atoms with van der Waals surface area (Å²) in [4.78, 5) is 26.1. The Bertz CT molecular complexity index is 877. The van der Waals surface area contributed by atoms with Crippen LogP contribution in [0.25, 0.3) is 6.08 Å².